The van der Waals surface area contributed by atoms with Gasteiger partial charge in [0.05, 0.1) is 5.56 Å². The van der Waals surface area contributed by atoms with Gasteiger partial charge in [0.25, 0.3) is 5.91 Å². The maximum absolute atomic E-state index is 12.9. The Kier molecular flexibility index (Phi) is 4.35. The van der Waals surface area contributed by atoms with E-state index in [9.17, 15) is 18.0 Å². The summed E-state index contributed by atoms with van der Waals surface area (Å²) in [6, 6.07) is 5.14. The predicted molar refractivity (Wildman–Crippen MR) is 81.7 cm³/mol. The molecule has 1 aromatic heterocycles. The number of halogens is 3. The van der Waals surface area contributed by atoms with Crippen LogP contribution in [0.3, 0.4) is 0 Å². The van der Waals surface area contributed by atoms with E-state index in [0.717, 1.165) is 22.1 Å². The van der Waals surface area contributed by atoms with Gasteiger partial charge in [-0.1, -0.05) is 0 Å². The summed E-state index contributed by atoms with van der Waals surface area (Å²) < 4.78 is 39.7. The molecule has 2 aromatic rings. The van der Waals surface area contributed by atoms with Crippen LogP contribution in [0.1, 0.15) is 21.6 Å². The van der Waals surface area contributed by atoms with Crippen LogP contribution in [0.2, 0.25) is 0 Å². The zero-order valence-electron chi connectivity index (χ0n) is 13.2. The summed E-state index contributed by atoms with van der Waals surface area (Å²) in [7, 11) is 5.10. The molecule has 1 aromatic carbocycles. The van der Waals surface area contributed by atoms with Gasteiger partial charge in [0.1, 0.15) is 0 Å². The van der Waals surface area contributed by atoms with Gasteiger partial charge >= 0.3 is 6.18 Å². The minimum Gasteiger partial charge on any atom is -0.377 e. The highest BCUT2D eigenvalue weighted by Gasteiger charge is 2.39. The fraction of sp³-hybridized carbons (Fsp3) is 0.333. The van der Waals surface area contributed by atoms with Crippen molar-refractivity contribution in [1.82, 2.24) is 9.78 Å². The molecule has 8 heteroatoms. The highest BCUT2D eigenvalue weighted by atomic mass is 19.4. The average Bonchev–Trinajstić information content (AvgIpc) is 2.80. The van der Waals surface area contributed by atoms with Crippen LogP contribution in [0.4, 0.5) is 24.5 Å². The Hall–Kier alpha value is -2.51. The van der Waals surface area contributed by atoms with Crippen molar-refractivity contribution in [2.24, 2.45) is 7.05 Å². The zero-order valence-corrected chi connectivity index (χ0v) is 13.2. The average molecular weight is 326 g/mol. The molecule has 0 unspecified atom stereocenters. The second-order valence-electron chi connectivity index (χ2n) is 5.41. The van der Waals surface area contributed by atoms with E-state index in [0.29, 0.717) is 5.69 Å². The van der Waals surface area contributed by atoms with Crippen LogP contribution in [-0.2, 0) is 13.2 Å². The van der Waals surface area contributed by atoms with Crippen molar-refractivity contribution < 1.29 is 18.0 Å². The summed E-state index contributed by atoms with van der Waals surface area (Å²) in [6.07, 6.45) is -3.63. The standard InChI is InChI=1S/C15H17F3N4O/c1-9-7-10(5-6-12(9)21(2)3)19-14(23)11-8-22(4)20-13(11)15(16,17)18/h5-8H,1-4H3,(H,19,23). The van der Waals surface area contributed by atoms with Gasteiger partial charge in [-0.25, -0.2) is 0 Å². The van der Waals surface area contributed by atoms with E-state index in [1.807, 2.05) is 25.9 Å². The van der Waals surface area contributed by atoms with E-state index in [4.69, 9.17) is 0 Å². The minimum absolute atomic E-state index is 0.426. The number of carbonyl (C=O) groups excluding carboxylic acids is 1. The number of carbonyl (C=O) groups is 1. The van der Waals surface area contributed by atoms with Crippen molar-refractivity contribution in [2.75, 3.05) is 24.3 Å². The van der Waals surface area contributed by atoms with Gasteiger partial charge in [-0.15, -0.1) is 0 Å². The molecule has 5 nitrogen and oxygen atoms in total. The molecular formula is C15H17F3N4O. The summed E-state index contributed by atoms with van der Waals surface area (Å²) in [5, 5.41) is 5.80. The summed E-state index contributed by atoms with van der Waals surface area (Å²) in [4.78, 5) is 14.1. The van der Waals surface area contributed by atoms with Gasteiger partial charge in [-0.2, -0.15) is 18.3 Å². The van der Waals surface area contributed by atoms with Crippen molar-refractivity contribution in [3.05, 3.63) is 41.2 Å². The van der Waals surface area contributed by atoms with Crippen molar-refractivity contribution in [2.45, 2.75) is 13.1 Å². The van der Waals surface area contributed by atoms with Gasteiger partial charge in [-0.05, 0) is 30.7 Å². The lowest BCUT2D eigenvalue weighted by atomic mass is 10.1. The fourth-order valence-corrected chi connectivity index (χ4v) is 2.30. The van der Waals surface area contributed by atoms with Crippen molar-refractivity contribution in [3.63, 3.8) is 0 Å². The third-order valence-corrected chi connectivity index (χ3v) is 3.28. The molecule has 124 valence electrons. The first-order valence-corrected chi connectivity index (χ1v) is 6.79. The fourth-order valence-electron chi connectivity index (χ4n) is 2.30. The number of rotatable bonds is 3. The molecule has 1 N–H and O–H groups in total. The molecule has 1 amide bonds. The topological polar surface area (TPSA) is 50.2 Å². The number of hydrogen-bond donors (Lipinski definition) is 1. The molecular weight excluding hydrogens is 309 g/mol. The first-order valence-electron chi connectivity index (χ1n) is 6.79. The third kappa shape index (κ3) is 3.64. The van der Waals surface area contributed by atoms with Gasteiger partial charge < -0.3 is 10.2 Å². The molecule has 23 heavy (non-hydrogen) atoms. The molecule has 0 radical (unpaired) electrons. The molecule has 1 heterocycles. The second kappa shape index (κ2) is 5.94. The Labute approximate surface area is 131 Å². The summed E-state index contributed by atoms with van der Waals surface area (Å²) in [5.74, 6) is -0.845. The molecule has 0 aliphatic rings. The minimum atomic E-state index is -4.68. The maximum Gasteiger partial charge on any atom is 0.435 e. The number of benzene rings is 1. The molecule has 2 rings (SSSR count). The first-order chi connectivity index (χ1) is 10.6. The molecule has 0 aliphatic heterocycles. The van der Waals surface area contributed by atoms with E-state index in [1.165, 1.54) is 7.05 Å². The van der Waals surface area contributed by atoms with E-state index in [2.05, 4.69) is 10.4 Å². The molecule has 0 aliphatic carbocycles. The van der Waals surface area contributed by atoms with Crippen molar-refractivity contribution >= 4 is 17.3 Å². The Balaban J connectivity index is 2.28. The highest BCUT2D eigenvalue weighted by Crippen LogP contribution is 2.31. The number of anilines is 2. The Morgan fingerprint density at radius 1 is 1.30 bits per heavy atom. The van der Waals surface area contributed by atoms with E-state index >= 15 is 0 Å². The van der Waals surface area contributed by atoms with Crippen LogP contribution in [-0.4, -0.2) is 29.8 Å². The molecule has 0 spiro atoms. The first kappa shape index (κ1) is 16.9. The van der Waals surface area contributed by atoms with Gasteiger partial charge in [0.15, 0.2) is 5.69 Å². The lowest BCUT2D eigenvalue weighted by Crippen LogP contribution is -2.18. The van der Waals surface area contributed by atoms with E-state index in [1.54, 1.807) is 18.2 Å². The predicted octanol–water partition coefficient (Wildman–Crippen LogP) is 3.07. The van der Waals surface area contributed by atoms with Gasteiger partial charge in [0.2, 0.25) is 0 Å². The second-order valence-corrected chi connectivity index (χ2v) is 5.41. The molecule has 0 bridgehead atoms. The van der Waals surface area contributed by atoms with Crippen LogP contribution in [0.15, 0.2) is 24.4 Å². The van der Waals surface area contributed by atoms with Crippen LogP contribution in [0, 0.1) is 6.92 Å². The molecule has 0 fully saturated rings. The number of nitrogens with zero attached hydrogens (tertiary/aromatic N) is 3. The van der Waals surface area contributed by atoms with Crippen LogP contribution in [0.5, 0.6) is 0 Å². The zero-order chi connectivity index (χ0) is 17.4. The van der Waals surface area contributed by atoms with Crippen molar-refractivity contribution in [1.29, 1.82) is 0 Å². The largest absolute Gasteiger partial charge is 0.435 e. The van der Waals surface area contributed by atoms with Gasteiger partial charge in [0, 0.05) is 38.7 Å². The van der Waals surface area contributed by atoms with Crippen LogP contribution >= 0.6 is 0 Å². The van der Waals surface area contributed by atoms with Crippen LogP contribution < -0.4 is 10.2 Å². The summed E-state index contributed by atoms with van der Waals surface area (Å²) in [5.41, 5.74) is 0.582. The monoisotopic (exact) mass is 326 g/mol. The summed E-state index contributed by atoms with van der Waals surface area (Å²) in [6.45, 7) is 1.86. The Bertz CT molecular complexity index is 735. The van der Waals surface area contributed by atoms with Gasteiger partial charge in [-0.3, -0.25) is 9.48 Å². The molecule has 0 atom stereocenters. The number of nitrogens with one attached hydrogen (secondary N) is 1. The van der Waals surface area contributed by atoms with Crippen LogP contribution in [0.25, 0.3) is 0 Å². The lowest BCUT2D eigenvalue weighted by Gasteiger charge is -2.16. The summed E-state index contributed by atoms with van der Waals surface area (Å²) >= 11 is 0. The highest BCUT2D eigenvalue weighted by molar-refractivity contribution is 6.05. The molecule has 0 saturated heterocycles. The number of hydrogen-bond acceptors (Lipinski definition) is 3. The van der Waals surface area contributed by atoms with Crippen molar-refractivity contribution in [3.8, 4) is 0 Å². The lowest BCUT2D eigenvalue weighted by molar-refractivity contribution is -0.141. The quantitative estimate of drug-likeness (QED) is 0.943. The molecule has 0 saturated carbocycles. The third-order valence-electron chi connectivity index (χ3n) is 3.28. The number of aryl methyl sites for hydroxylation is 2. The normalized spacial score (nSPS) is 11.4. The number of aromatic nitrogens is 2. The Morgan fingerprint density at radius 3 is 2.48 bits per heavy atom. The number of amides is 1. The SMILES string of the molecule is Cc1cc(NC(=O)c2cn(C)nc2C(F)(F)F)ccc1N(C)C. The maximum atomic E-state index is 12.9. The number of alkyl halides is 3. The van der Waals surface area contributed by atoms with E-state index < -0.39 is 23.3 Å². The van der Waals surface area contributed by atoms with E-state index in [-0.39, 0.29) is 0 Å². The Morgan fingerprint density at radius 2 is 1.96 bits per heavy atom. The smallest absolute Gasteiger partial charge is 0.377 e.